The van der Waals surface area contributed by atoms with E-state index in [4.69, 9.17) is 9.90 Å². The summed E-state index contributed by atoms with van der Waals surface area (Å²) in [7, 11) is 2.04. The minimum absolute atomic E-state index is 0.0441. The molecule has 43 heavy (non-hydrogen) atoms. The van der Waals surface area contributed by atoms with Crippen molar-refractivity contribution in [1.82, 2.24) is 9.97 Å². The predicted octanol–water partition coefficient (Wildman–Crippen LogP) is 7.76. The van der Waals surface area contributed by atoms with Gasteiger partial charge in [-0.25, -0.2) is 4.79 Å². The molecule has 1 amide bonds. The number of para-hydroxylation sites is 1. The van der Waals surface area contributed by atoms with Gasteiger partial charge in [-0.05, 0) is 59.5 Å². The second-order valence-corrected chi connectivity index (χ2v) is 9.84. The number of halogens is 3. The van der Waals surface area contributed by atoms with Crippen LogP contribution in [0.25, 0.3) is 22.0 Å². The van der Waals surface area contributed by atoms with Crippen LogP contribution in [-0.2, 0) is 22.4 Å². The highest BCUT2D eigenvalue weighted by molar-refractivity contribution is 5.97. The molecule has 0 aliphatic heterocycles. The number of amides is 1. The molecule has 0 fully saturated rings. The lowest BCUT2D eigenvalue weighted by Crippen LogP contribution is -2.21. The average Bonchev–Trinajstić information content (AvgIpc) is 3.40. The molecule has 5 rings (SSSR count). The first-order valence-electron chi connectivity index (χ1n) is 13.6. The predicted molar refractivity (Wildman–Crippen MR) is 162 cm³/mol. The third kappa shape index (κ3) is 8.00. The van der Waals surface area contributed by atoms with Gasteiger partial charge in [0.05, 0.1) is 18.3 Å². The van der Waals surface area contributed by atoms with Gasteiger partial charge in [0.25, 0.3) is 0 Å². The van der Waals surface area contributed by atoms with Crippen LogP contribution in [0.3, 0.4) is 0 Å². The Balaban J connectivity index is 0.000000541. The maximum atomic E-state index is 13.0. The van der Waals surface area contributed by atoms with E-state index in [1.807, 2.05) is 61.9 Å². The number of carbonyl (C=O) groups excluding carboxylic acids is 1. The number of pyridine rings is 1. The van der Waals surface area contributed by atoms with Gasteiger partial charge in [-0.2, -0.15) is 13.2 Å². The first kappa shape index (κ1) is 30.8. The minimum atomic E-state index is -5.08. The fourth-order valence-corrected chi connectivity index (χ4v) is 4.62. The second kappa shape index (κ2) is 13.7. The maximum absolute atomic E-state index is 13.0. The lowest BCUT2D eigenvalue weighted by molar-refractivity contribution is -0.192. The van der Waals surface area contributed by atoms with Gasteiger partial charge in [-0.15, -0.1) is 0 Å². The summed E-state index contributed by atoms with van der Waals surface area (Å²) in [5.41, 5.74) is 8.32. The van der Waals surface area contributed by atoms with Crippen LogP contribution in [-0.4, -0.2) is 40.2 Å². The number of carboxylic acid groups (broad SMARTS) is 1. The van der Waals surface area contributed by atoms with Crippen molar-refractivity contribution in [3.63, 3.8) is 0 Å². The fraction of sp³-hybridized carbons (Fsp3) is 0.182. The van der Waals surface area contributed by atoms with Crippen molar-refractivity contribution in [2.24, 2.45) is 0 Å². The molecule has 222 valence electrons. The third-order valence-corrected chi connectivity index (χ3v) is 6.75. The molecule has 0 aliphatic carbocycles. The van der Waals surface area contributed by atoms with Crippen molar-refractivity contribution in [2.45, 2.75) is 32.4 Å². The smallest absolute Gasteiger partial charge is 0.475 e. The van der Waals surface area contributed by atoms with Crippen LogP contribution in [0.2, 0.25) is 0 Å². The van der Waals surface area contributed by atoms with Crippen molar-refractivity contribution in [3.8, 4) is 11.1 Å². The molecule has 3 N–H and O–H groups in total. The van der Waals surface area contributed by atoms with Crippen LogP contribution in [0.4, 0.5) is 30.2 Å². The lowest BCUT2D eigenvalue weighted by atomic mass is 9.99. The number of aliphatic carboxylic acids is 1. The maximum Gasteiger partial charge on any atom is 0.490 e. The van der Waals surface area contributed by atoms with Crippen LogP contribution in [0, 0.1) is 0 Å². The number of aryl methyl sites for hydroxylation is 1. The summed E-state index contributed by atoms with van der Waals surface area (Å²) in [5.74, 6) is -2.80. The quantitative estimate of drug-likeness (QED) is 0.172. The molecule has 2 heterocycles. The summed E-state index contributed by atoms with van der Waals surface area (Å²) < 4.78 is 31.7. The summed E-state index contributed by atoms with van der Waals surface area (Å²) in [4.78, 5) is 31.5. The Morgan fingerprint density at radius 3 is 2.37 bits per heavy atom. The Kier molecular flexibility index (Phi) is 9.82. The number of aromatic amines is 1. The Hall–Kier alpha value is -5.12. The van der Waals surface area contributed by atoms with E-state index >= 15 is 0 Å². The van der Waals surface area contributed by atoms with Gasteiger partial charge in [-0.3, -0.25) is 9.78 Å². The number of alkyl halides is 3. The molecule has 7 nitrogen and oxygen atoms in total. The molecule has 0 radical (unpaired) electrons. The largest absolute Gasteiger partial charge is 0.490 e. The number of anilines is 3. The van der Waals surface area contributed by atoms with E-state index in [-0.39, 0.29) is 5.91 Å². The number of fused-ring (bicyclic) bond motifs is 1. The zero-order chi connectivity index (χ0) is 31.0. The van der Waals surface area contributed by atoms with Crippen LogP contribution in [0.5, 0.6) is 0 Å². The van der Waals surface area contributed by atoms with Crippen molar-refractivity contribution < 1.29 is 27.9 Å². The Labute approximate surface area is 247 Å². The van der Waals surface area contributed by atoms with E-state index in [0.717, 1.165) is 57.5 Å². The second-order valence-electron chi connectivity index (χ2n) is 9.84. The molecule has 0 unspecified atom stereocenters. The molecule has 5 aromatic rings. The molecule has 0 bridgehead atoms. The van der Waals surface area contributed by atoms with Gasteiger partial charge >= 0.3 is 12.1 Å². The fourth-order valence-electron chi connectivity index (χ4n) is 4.62. The van der Waals surface area contributed by atoms with E-state index in [1.165, 1.54) is 5.56 Å². The molecule has 0 aliphatic rings. The number of benzene rings is 3. The molecule has 2 aromatic heterocycles. The number of hydrogen-bond donors (Lipinski definition) is 3. The average molecular weight is 589 g/mol. The van der Waals surface area contributed by atoms with Gasteiger partial charge in [0.2, 0.25) is 5.91 Å². The van der Waals surface area contributed by atoms with Gasteiger partial charge in [0, 0.05) is 47.3 Å². The van der Waals surface area contributed by atoms with Gasteiger partial charge in [0.15, 0.2) is 0 Å². The highest BCUT2D eigenvalue weighted by Gasteiger charge is 2.38. The monoisotopic (exact) mass is 588 g/mol. The van der Waals surface area contributed by atoms with E-state index in [0.29, 0.717) is 6.42 Å². The molecule has 0 atom stereocenters. The van der Waals surface area contributed by atoms with Crippen molar-refractivity contribution in [2.75, 3.05) is 17.3 Å². The topological polar surface area (TPSA) is 98.3 Å². The van der Waals surface area contributed by atoms with Gasteiger partial charge in [0.1, 0.15) is 0 Å². The zero-order valence-corrected chi connectivity index (χ0v) is 23.7. The zero-order valence-electron chi connectivity index (χ0n) is 23.7. The molecule has 10 heteroatoms. The number of carboxylic acids is 1. The molecular weight excluding hydrogens is 557 g/mol. The Bertz CT molecular complexity index is 1680. The highest BCUT2D eigenvalue weighted by Crippen LogP contribution is 2.36. The summed E-state index contributed by atoms with van der Waals surface area (Å²) in [6.07, 6.45) is 2.95. The first-order chi connectivity index (χ1) is 20.6. The van der Waals surface area contributed by atoms with Crippen molar-refractivity contribution in [1.29, 1.82) is 0 Å². The van der Waals surface area contributed by atoms with Gasteiger partial charge in [-0.1, -0.05) is 55.8 Å². The summed E-state index contributed by atoms with van der Waals surface area (Å²) in [6.45, 7) is 2.19. The summed E-state index contributed by atoms with van der Waals surface area (Å²) in [5, 5.41) is 11.3. The number of nitrogens with one attached hydrogen (secondary N) is 2. The minimum Gasteiger partial charge on any atom is -0.475 e. The van der Waals surface area contributed by atoms with E-state index in [9.17, 15) is 18.0 Å². The summed E-state index contributed by atoms with van der Waals surface area (Å²) >= 11 is 0. The Morgan fingerprint density at radius 2 is 1.72 bits per heavy atom. The number of nitrogens with zero attached hydrogens (tertiary/aromatic N) is 2. The number of aromatic nitrogens is 2. The first-order valence-corrected chi connectivity index (χ1v) is 13.6. The highest BCUT2D eigenvalue weighted by atomic mass is 19.4. The SMILES string of the molecule is CCCc1ccc(-c2cc(NC(=O)Cc3c[nH]c4ccccc34)ccc2N(C)c2cccnc2)cc1.O=C(O)C(F)(F)F. The molecular formula is C33H31F3N4O3. The standard InChI is InChI=1S/C31H30N4O.C2HF3O2/c1-3-7-22-11-13-23(14-12-22)28-19-25(15-16-30(28)35(2)26-8-6-17-32-21-26)34-31(36)18-24-20-33-29-10-5-4-9-27(24)29;3-2(4,5)1(6)7/h4-6,8-17,19-21,33H,3,7,18H2,1-2H3,(H,34,36);(H,6,7). The number of rotatable bonds is 8. The number of H-pyrrole nitrogens is 1. The van der Waals surface area contributed by atoms with E-state index < -0.39 is 12.1 Å². The molecule has 0 saturated carbocycles. The number of carbonyl (C=O) groups is 2. The van der Waals surface area contributed by atoms with E-state index in [2.05, 4.69) is 63.5 Å². The van der Waals surface area contributed by atoms with Crippen LogP contribution in [0.15, 0.2) is 97.5 Å². The normalized spacial score (nSPS) is 11.0. The lowest BCUT2D eigenvalue weighted by Gasteiger charge is -2.23. The van der Waals surface area contributed by atoms with Crippen molar-refractivity contribution >= 4 is 39.8 Å². The molecule has 3 aromatic carbocycles. The summed E-state index contributed by atoms with van der Waals surface area (Å²) in [6, 6.07) is 26.8. The van der Waals surface area contributed by atoms with E-state index in [1.54, 1.807) is 6.20 Å². The van der Waals surface area contributed by atoms with Crippen LogP contribution in [0.1, 0.15) is 24.5 Å². The Morgan fingerprint density at radius 1 is 1.00 bits per heavy atom. The van der Waals surface area contributed by atoms with Gasteiger partial charge < -0.3 is 20.3 Å². The van der Waals surface area contributed by atoms with Crippen molar-refractivity contribution in [3.05, 3.63) is 109 Å². The van der Waals surface area contributed by atoms with Crippen LogP contribution >= 0.6 is 0 Å². The van der Waals surface area contributed by atoms with Crippen LogP contribution < -0.4 is 10.2 Å². The number of hydrogen-bond acceptors (Lipinski definition) is 4. The molecule has 0 saturated heterocycles. The molecule has 0 spiro atoms. The third-order valence-electron chi connectivity index (χ3n) is 6.75.